The number of hydrogen-bond donors (Lipinski definition) is 2. The van der Waals surface area contributed by atoms with Crippen molar-refractivity contribution in [2.75, 3.05) is 6.54 Å². The van der Waals surface area contributed by atoms with Crippen LogP contribution < -0.4 is 0 Å². The first-order valence-corrected chi connectivity index (χ1v) is 14.5. The fourth-order valence-corrected chi connectivity index (χ4v) is 7.35. The van der Waals surface area contributed by atoms with E-state index in [0.717, 1.165) is 17.5 Å². The summed E-state index contributed by atoms with van der Waals surface area (Å²) in [4.78, 5) is 27.1. The van der Waals surface area contributed by atoms with Crippen LogP contribution in [-0.4, -0.2) is 51.4 Å². The van der Waals surface area contributed by atoms with E-state index in [9.17, 15) is 37.4 Å². The van der Waals surface area contributed by atoms with Crippen molar-refractivity contribution in [3.05, 3.63) is 70.3 Å². The number of halogens is 4. The molecule has 3 atom stereocenters. The smallest absolute Gasteiger partial charge is 0.426 e. The summed E-state index contributed by atoms with van der Waals surface area (Å²) in [6.45, 7) is 2.97. The van der Waals surface area contributed by atoms with Crippen molar-refractivity contribution in [1.82, 2.24) is 4.90 Å². The van der Waals surface area contributed by atoms with Gasteiger partial charge in [0.05, 0.1) is 5.92 Å². The molecule has 0 radical (unpaired) electrons. The van der Waals surface area contributed by atoms with Gasteiger partial charge in [0.2, 0.25) is 5.67 Å². The fourth-order valence-electron chi connectivity index (χ4n) is 7.35. The Morgan fingerprint density at radius 3 is 2.20 bits per heavy atom. The number of aliphatic carboxylic acids is 1. The molecule has 1 heterocycles. The molecule has 5 rings (SSSR count). The molecule has 3 aliphatic rings. The topological polar surface area (TPSA) is 77.8 Å². The van der Waals surface area contributed by atoms with Gasteiger partial charge >= 0.3 is 12.1 Å². The first-order chi connectivity index (χ1) is 19.2. The number of aryl methyl sites for hydroxylation is 2. The Labute approximate surface area is 237 Å². The summed E-state index contributed by atoms with van der Waals surface area (Å²) in [6.07, 6.45) is -1.65. The Kier molecular flexibility index (Phi) is 7.50. The molecule has 0 bridgehead atoms. The minimum atomic E-state index is -5.05. The molecule has 5 nitrogen and oxygen atoms in total. The first-order valence-electron chi connectivity index (χ1n) is 14.5. The summed E-state index contributed by atoms with van der Waals surface area (Å²) >= 11 is 0. The summed E-state index contributed by atoms with van der Waals surface area (Å²) in [5.41, 5.74) is -2.48. The van der Waals surface area contributed by atoms with Gasteiger partial charge in [0.15, 0.2) is 0 Å². The van der Waals surface area contributed by atoms with E-state index in [-0.39, 0.29) is 31.7 Å². The molecule has 222 valence electrons. The Morgan fingerprint density at radius 1 is 0.976 bits per heavy atom. The van der Waals surface area contributed by atoms with Crippen LogP contribution in [0.4, 0.5) is 17.6 Å². The van der Waals surface area contributed by atoms with E-state index in [1.807, 2.05) is 24.3 Å². The fraction of sp³-hybridized carbons (Fsp3) is 0.562. The highest BCUT2D eigenvalue weighted by molar-refractivity contribution is 5.86. The molecule has 2 N–H and O–H groups in total. The van der Waals surface area contributed by atoms with Gasteiger partial charge in [-0.05, 0) is 92.5 Å². The molecule has 0 aromatic heterocycles. The molecule has 2 aliphatic carbocycles. The van der Waals surface area contributed by atoms with Gasteiger partial charge < -0.3 is 15.1 Å². The maximum atomic E-state index is 14.9. The molecule has 3 unspecified atom stereocenters. The third-order valence-electron chi connectivity index (χ3n) is 9.99. The van der Waals surface area contributed by atoms with Crippen molar-refractivity contribution in [2.24, 2.45) is 5.92 Å². The maximum Gasteiger partial charge on any atom is 0.426 e. The second-order valence-electron chi connectivity index (χ2n) is 12.3. The lowest BCUT2D eigenvalue weighted by atomic mass is 9.63. The number of fused-ring (bicyclic) bond motifs is 3. The lowest BCUT2D eigenvalue weighted by molar-refractivity contribution is -0.228. The minimum Gasteiger partial charge on any atom is -0.481 e. The summed E-state index contributed by atoms with van der Waals surface area (Å²) in [7, 11) is 0. The predicted octanol–water partition coefficient (Wildman–Crippen LogP) is 6.03. The number of likely N-dealkylation sites (tertiary alicyclic amines) is 1. The van der Waals surface area contributed by atoms with Crippen molar-refractivity contribution in [3.63, 3.8) is 0 Å². The van der Waals surface area contributed by atoms with E-state index in [1.54, 1.807) is 11.0 Å². The molecule has 41 heavy (non-hydrogen) atoms. The van der Waals surface area contributed by atoms with E-state index in [0.29, 0.717) is 44.7 Å². The molecule has 2 aromatic carbocycles. The summed E-state index contributed by atoms with van der Waals surface area (Å²) in [5, 5.41) is 20.8. The van der Waals surface area contributed by atoms with Crippen molar-refractivity contribution in [1.29, 1.82) is 0 Å². The van der Waals surface area contributed by atoms with Crippen LogP contribution in [0.1, 0.15) is 80.2 Å². The first kappa shape index (κ1) is 29.5. The van der Waals surface area contributed by atoms with E-state index < -0.39 is 46.2 Å². The number of amides is 1. The van der Waals surface area contributed by atoms with Crippen molar-refractivity contribution < 1.29 is 37.4 Å². The number of carboxylic acids is 1. The average molecular weight is 576 g/mol. The number of carboxylic acid groups (broad SMARTS) is 1. The number of carbonyl (C=O) groups is 2. The summed E-state index contributed by atoms with van der Waals surface area (Å²) in [5.74, 6) is -1.91. The third kappa shape index (κ3) is 5.04. The second-order valence-corrected chi connectivity index (χ2v) is 12.3. The molecule has 0 spiro atoms. The van der Waals surface area contributed by atoms with Gasteiger partial charge in [-0.1, -0.05) is 49.4 Å². The van der Waals surface area contributed by atoms with Crippen LogP contribution >= 0.6 is 0 Å². The Balaban J connectivity index is 1.52. The molecule has 9 heteroatoms. The van der Waals surface area contributed by atoms with Crippen molar-refractivity contribution >= 4 is 11.9 Å². The largest absolute Gasteiger partial charge is 0.481 e. The highest BCUT2D eigenvalue weighted by Gasteiger charge is 2.57. The Bertz CT molecular complexity index is 1310. The van der Waals surface area contributed by atoms with Gasteiger partial charge in [0.1, 0.15) is 5.60 Å². The lowest BCUT2D eigenvalue weighted by Gasteiger charge is -2.46. The Morgan fingerprint density at radius 2 is 1.61 bits per heavy atom. The van der Waals surface area contributed by atoms with Crippen LogP contribution in [0.15, 0.2) is 42.5 Å². The van der Waals surface area contributed by atoms with Crippen molar-refractivity contribution in [3.8, 4) is 0 Å². The lowest BCUT2D eigenvalue weighted by Crippen LogP contribution is -2.56. The maximum absolute atomic E-state index is 14.9. The zero-order valence-electron chi connectivity index (χ0n) is 23.4. The predicted molar refractivity (Wildman–Crippen MR) is 145 cm³/mol. The van der Waals surface area contributed by atoms with Gasteiger partial charge in [-0.15, -0.1) is 0 Å². The standard InChI is InChI=1S/C32H37F4NO4/c1-3-20-4-6-21(7-5-20)19-30-16-17-37(28(40)31(41)14-12-22(13-15-31)27(38)39)26(30)11-8-23-18-24(9-10-25(23)30)29(2,33)32(34,35)36/h4-7,9-10,18,22,26,41H,3,8,11-17,19H2,1-2H3,(H,38,39). The van der Waals surface area contributed by atoms with Gasteiger partial charge in [-0.25, -0.2) is 4.39 Å². The van der Waals surface area contributed by atoms with Crippen molar-refractivity contribution in [2.45, 2.75) is 101 Å². The molecule has 1 saturated carbocycles. The molecule has 2 fully saturated rings. The van der Waals surface area contributed by atoms with Gasteiger partial charge in [-0.3, -0.25) is 9.59 Å². The number of nitrogens with zero attached hydrogens (tertiary/aromatic N) is 1. The third-order valence-corrected chi connectivity index (χ3v) is 9.99. The number of alkyl halides is 4. The summed E-state index contributed by atoms with van der Waals surface area (Å²) < 4.78 is 55.5. The zero-order valence-corrected chi connectivity index (χ0v) is 23.4. The quantitative estimate of drug-likeness (QED) is 0.413. The second kappa shape index (κ2) is 10.4. The zero-order chi connectivity index (χ0) is 29.8. The molecule has 1 saturated heterocycles. The van der Waals surface area contributed by atoms with E-state index in [1.165, 1.54) is 17.7 Å². The van der Waals surface area contributed by atoms with Crippen LogP contribution in [0.5, 0.6) is 0 Å². The van der Waals surface area contributed by atoms with Crippen LogP contribution in [0.2, 0.25) is 0 Å². The number of benzene rings is 2. The molecular weight excluding hydrogens is 538 g/mol. The van der Waals surface area contributed by atoms with Gasteiger partial charge in [-0.2, -0.15) is 13.2 Å². The summed E-state index contributed by atoms with van der Waals surface area (Å²) in [6, 6.07) is 12.1. The SMILES string of the molecule is CCc1ccc(CC23CCN(C(=O)C4(O)CCC(C(=O)O)CC4)C2CCc2cc(C(C)(F)C(F)(F)F)ccc23)cc1. The average Bonchev–Trinajstić information content (AvgIpc) is 3.31. The number of carbonyl (C=O) groups excluding carboxylic acids is 1. The molecule has 1 aliphatic heterocycles. The monoisotopic (exact) mass is 575 g/mol. The van der Waals surface area contributed by atoms with Crippen LogP contribution in [0, 0.1) is 5.92 Å². The van der Waals surface area contributed by atoms with Crippen LogP contribution in [0.3, 0.4) is 0 Å². The number of aliphatic hydroxyl groups is 1. The van der Waals surface area contributed by atoms with Gasteiger partial charge in [0, 0.05) is 18.0 Å². The number of hydrogen-bond acceptors (Lipinski definition) is 3. The van der Waals surface area contributed by atoms with Gasteiger partial charge in [0.25, 0.3) is 5.91 Å². The Hall–Kier alpha value is -2.94. The van der Waals surface area contributed by atoms with E-state index >= 15 is 0 Å². The highest BCUT2D eigenvalue weighted by atomic mass is 19.4. The van der Waals surface area contributed by atoms with E-state index in [4.69, 9.17) is 0 Å². The highest BCUT2D eigenvalue weighted by Crippen LogP contribution is 2.52. The van der Waals surface area contributed by atoms with Crippen LogP contribution in [0.25, 0.3) is 0 Å². The minimum absolute atomic E-state index is 0.0734. The normalized spacial score (nSPS) is 29.4. The molecular formula is C32H37F4NO4. The van der Waals surface area contributed by atoms with Crippen LogP contribution in [-0.2, 0) is 39.9 Å². The van der Waals surface area contributed by atoms with E-state index in [2.05, 4.69) is 6.92 Å². The number of rotatable bonds is 6. The molecule has 1 amide bonds. The molecule has 2 aromatic rings.